The Bertz CT molecular complexity index is 495. The first-order valence-electron chi connectivity index (χ1n) is 6.14. The highest BCUT2D eigenvalue weighted by Crippen LogP contribution is 2.30. The number of hydrogen-bond donors (Lipinski definition) is 1. The Morgan fingerprint density at radius 2 is 1.94 bits per heavy atom. The van der Waals surface area contributed by atoms with E-state index in [0.717, 1.165) is 22.9 Å². The monoisotopic (exact) mass is 261 g/mol. The van der Waals surface area contributed by atoms with E-state index in [-0.39, 0.29) is 0 Å². The minimum Gasteiger partial charge on any atom is -0.326 e. The molecule has 2 N–H and O–H groups in total. The topological polar surface area (TPSA) is 42.2 Å². The van der Waals surface area contributed by atoms with Gasteiger partial charge in [0.1, 0.15) is 0 Å². The van der Waals surface area contributed by atoms with Gasteiger partial charge in [-0.2, -0.15) is 0 Å². The molecule has 18 heavy (non-hydrogen) atoms. The number of aromatic nitrogens is 1. The zero-order valence-electron chi connectivity index (χ0n) is 11.1. The van der Waals surface area contributed by atoms with Gasteiger partial charge >= 0.3 is 0 Å². The minimum atomic E-state index is 0.572. The lowest BCUT2D eigenvalue weighted by atomic mass is 10.2. The van der Waals surface area contributed by atoms with Crippen LogP contribution in [0.4, 0.5) is 10.8 Å². The van der Waals surface area contributed by atoms with Gasteiger partial charge in [0, 0.05) is 24.2 Å². The van der Waals surface area contributed by atoms with Crippen LogP contribution in [-0.2, 0) is 13.0 Å². The molecule has 0 spiro atoms. The highest BCUT2D eigenvalue weighted by molar-refractivity contribution is 7.15. The third-order valence-electron chi connectivity index (χ3n) is 3.00. The summed E-state index contributed by atoms with van der Waals surface area (Å²) >= 11 is 1.68. The van der Waals surface area contributed by atoms with Crippen molar-refractivity contribution >= 4 is 22.2 Å². The van der Waals surface area contributed by atoms with Gasteiger partial charge in [0.15, 0.2) is 5.13 Å². The number of benzene rings is 1. The predicted octanol–water partition coefficient (Wildman–Crippen LogP) is 3.24. The van der Waals surface area contributed by atoms with Crippen LogP contribution < -0.4 is 10.6 Å². The van der Waals surface area contributed by atoms with Gasteiger partial charge in [-0.3, -0.25) is 0 Å². The van der Waals surface area contributed by atoms with Crippen LogP contribution in [-0.4, -0.2) is 12.0 Å². The first-order chi connectivity index (χ1) is 8.65. The van der Waals surface area contributed by atoms with Crippen LogP contribution in [0.25, 0.3) is 0 Å². The maximum Gasteiger partial charge on any atom is 0.190 e. The number of nitrogens with zero attached hydrogens (tertiary/aromatic N) is 2. The van der Waals surface area contributed by atoms with Crippen LogP contribution in [0, 0.1) is 6.92 Å². The summed E-state index contributed by atoms with van der Waals surface area (Å²) in [6, 6.07) is 8.46. The van der Waals surface area contributed by atoms with Crippen LogP contribution in [0.5, 0.6) is 0 Å². The lowest BCUT2D eigenvalue weighted by molar-refractivity contribution is 0.981. The van der Waals surface area contributed by atoms with Crippen molar-refractivity contribution in [3.63, 3.8) is 0 Å². The van der Waals surface area contributed by atoms with Crippen LogP contribution in [0.1, 0.15) is 23.1 Å². The Labute approximate surface area is 112 Å². The molecule has 96 valence electrons. The average molecular weight is 261 g/mol. The summed E-state index contributed by atoms with van der Waals surface area (Å²) in [5.41, 5.74) is 9.29. The second-order valence-electron chi connectivity index (χ2n) is 4.32. The fraction of sp³-hybridized carbons (Fsp3) is 0.357. The molecule has 1 aromatic heterocycles. The Morgan fingerprint density at radius 3 is 2.44 bits per heavy atom. The number of hydrogen-bond acceptors (Lipinski definition) is 4. The molecule has 3 nitrogen and oxygen atoms in total. The van der Waals surface area contributed by atoms with Crippen molar-refractivity contribution in [2.75, 3.05) is 11.9 Å². The Hall–Kier alpha value is -1.39. The van der Waals surface area contributed by atoms with Gasteiger partial charge in [-0.05, 0) is 25.5 Å². The van der Waals surface area contributed by atoms with Crippen molar-refractivity contribution in [1.82, 2.24) is 4.98 Å². The molecule has 0 fully saturated rings. The van der Waals surface area contributed by atoms with Gasteiger partial charge in [-0.15, -0.1) is 0 Å². The van der Waals surface area contributed by atoms with Crippen LogP contribution in [0.2, 0.25) is 0 Å². The van der Waals surface area contributed by atoms with Crippen molar-refractivity contribution in [3.05, 3.63) is 40.4 Å². The van der Waals surface area contributed by atoms with Crippen molar-refractivity contribution in [2.45, 2.75) is 26.8 Å². The van der Waals surface area contributed by atoms with Crippen LogP contribution >= 0.6 is 11.3 Å². The number of nitrogens with two attached hydrogens (primary N) is 1. The average Bonchev–Trinajstić information content (AvgIpc) is 2.82. The first-order valence-corrected chi connectivity index (χ1v) is 6.96. The maximum absolute atomic E-state index is 5.75. The summed E-state index contributed by atoms with van der Waals surface area (Å²) in [6.45, 7) is 4.78. The molecule has 0 bridgehead atoms. The van der Waals surface area contributed by atoms with Gasteiger partial charge in [0.25, 0.3) is 0 Å². The molecule has 0 radical (unpaired) electrons. The molecule has 0 aliphatic carbocycles. The highest BCUT2D eigenvalue weighted by Gasteiger charge is 2.12. The van der Waals surface area contributed by atoms with E-state index in [1.807, 2.05) is 7.05 Å². The maximum atomic E-state index is 5.75. The van der Waals surface area contributed by atoms with Gasteiger partial charge in [-0.25, -0.2) is 4.98 Å². The highest BCUT2D eigenvalue weighted by atomic mass is 32.1. The number of thiazole rings is 1. The molecule has 2 rings (SSSR count). The molecular formula is C14H19N3S. The molecule has 2 aromatic rings. The second kappa shape index (κ2) is 5.50. The van der Waals surface area contributed by atoms with E-state index in [4.69, 9.17) is 5.73 Å². The fourth-order valence-corrected chi connectivity index (χ4v) is 2.84. The van der Waals surface area contributed by atoms with Crippen molar-refractivity contribution < 1.29 is 0 Å². The molecule has 0 aliphatic rings. The Balaban J connectivity index is 2.30. The lowest BCUT2D eigenvalue weighted by Crippen LogP contribution is -2.08. The molecule has 1 heterocycles. The number of rotatable bonds is 4. The molecule has 0 saturated carbocycles. The summed E-state index contributed by atoms with van der Waals surface area (Å²) < 4.78 is 0. The summed E-state index contributed by atoms with van der Waals surface area (Å²) in [4.78, 5) is 7.96. The van der Waals surface area contributed by atoms with Gasteiger partial charge in [-0.1, -0.05) is 36.0 Å². The van der Waals surface area contributed by atoms with E-state index in [9.17, 15) is 0 Å². The molecule has 0 atom stereocenters. The zero-order chi connectivity index (χ0) is 13.1. The Kier molecular flexibility index (Phi) is 3.99. The summed E-state index contributed by atoms with van der Waals surface area (Å²) in [5, 5.41) is 1.01. The van der Waals surface area contributed by atoms with Crippen molar-refractivity contribution in [3.8, 4) is 0 Å². The third kappa shape index (κ3) is 2.54. The quantitative estimate of drug-likeness (QED) is 0.918. The SMILES string of the molecule is CCc1nc(N(C)c2ccc(C)cc2)sc1CN. The summed E-state index contributed by atoms with van der Waals surface area (Å²) in [5.74, 6) is 0. The van der Waals surface area contributed by atoms with Gasteiger partial charge in [0.2, 0.25) is 0 Å². The van der Waals surface area contributed by atoms with Gasteiger partial charge in [0.05, 0.1) is 5.69 Å². The minimum absolute atomic E-state index is 0.572. The fourth-order valence-electron chi connectivity index (χ4n) is 1.83. The molecule has 0 saturated heterocycles. The predicted molar refractivity (Wildman–Crippen MR) is 78.6 cm³/mol. The van der Waals surface area contributed by atoms with Crippen molar-refractivity contribution in [2.24, 2.45) is 5.73 Å². The largest absolute Gasteiger partial charge is 0.326 e. The standard InChI is InChI=1S/C14H19N3S/c1-4-12-13(9-15)18-14(16-12)17(3)11-7-5-10(2)6-8-11/h5-8H,4,9,15H2,1-3H3. The van der Waals surface area contributed by atoms with Crippen molar-refractivity contribution in [1.29, 1.82) is 0 Å². The summed E-state index contributed by atoms with van der Waals surface area (Å²) in [7, 11) is 2.04. The Morgan fingerprint density at radius 1 is 1.28 bits per heavy atom. The van der Waals surface area contributed by atoms with Gasteiger partial charge < -0.3 is 10.6 Å². The van der Waals surface area contributed by atoms with E-state index >= 15 is 0 Å². The molecule has 4 heteroatoms. The summed E-state index contributed by atoms with van der Waals surface area (Å²) in [6.07, 6.45) is 0.935. The number of anilines is 2. The molecule has 0 aliphatic heterocycles. The van der Waals surface area contributed by atoms with E-state index in [0.29, 0.717) is 6.54 Å². The van der Waals surface area contributed by atoms with E-state index in [1.54, 1.807) is 11.3 Å². The van der Waals surface area contributed by atoms with E-state index < -0.39 is 0 Å². The molecule has 1 aromatic carbocycles. The molecular weight excluding hydrogens is 242 g/mol. The van der Waals surface area contributed by atoms with E-state index in [1.165, 1.54) is 10.4 Å². The normalized spacial score (nSPS) is 10.7. The smallest absolute Gasteiger partial charge is 0.190 e. The number of aryl methyl sites for hydroxylation is 2. The van der Waals surface area contributed by atoms with Crippen LogP contribution in [0.3, 0.4) is 0 Å². The van der Waals surface area contributed by atoms with E-state index in [2.05, 4.69) is 48.0 Å². The second-order valence-corrected chi connectivity index (χ2v) is 5.38. The molecule has 0 amide bonds. The van der Waals surface area contributed by atoms with Crippen LogP contribution in [0.15, 0.2) is 24.3 Å². The first kappa shape index (κ1) is 13.1. The lowest BCUT2D eigenvalue weighted by Gasteiger charge is -2.15. The molecule has 0 unspecified atom stereocenters. The third-order valence-corrected chi connectivity index (χ3v) is 4.19. The zero-order valence-corrected chi connectivity index (χ0v) is 11.9.